The average Bonchev–Trinajstić information content (AvgIpc) is 2.48. The Balaban J connectivity index is 1.94. The molecule has 0 bridgehead atoms. The maximum atomic E-state index is 13.4. The highest BCUT2D eigenvalue weighted by atomic mass is 19.1. The van der Waals surface area contributed by atoms with E-state index in [1.807, 2.05) is 0 Å². The van der Waals surface area contributed by atoms with Crippen molar-refractivity contribution in [3.63, 3.8) is 0 Å². The van der Waals surface area contributed by atoms with Crippen LogP contribution in [0.4, 0.5) is 10.1 Å². The molecule has 0 unspecified atom stereocenters. The van der Waals surface area contributed by atoms with Crippen LogP contribution in [0.3, 0.4) is 0 Å². The molecule has 2 rings (SSSR count). The number of hydrogen-bond acceptors (Lipinski definition) is 3. The molecule has 0 spiro atoms. The number of carbonyl (C=O) groups excluding carboxylic acids is 1. The topological polar surface area (TPSA) is 47.6 Å². The zero-order chi connectivity index (χ0) is 14.4. The molecular weight excluding hydrogens is 261 g/mol. The standard InChI is InChI=1S/C15H14FNO3/c1-19-13-8-4-5-9-14(13)20-10-15(18)17-12-7-3-2-6-11(12)16/h2-9H,10H2,1H3,(H,17,18). The SMILES string of the molecule is COc1ccccc1OCC(=O)Nc1ccccc1F. The molecule has 4 nitrogen and oxygen atoms in total. The van der Waals surface area contributed by atoms with Crippen LogP contribution in [0.1, 0.15) is 0 Å². The number of rotatable bonds is 5. The van der Waals surface area contributed by atoms with Crippen molar-refractivity contribution in [2.45, 2.75) is 0 Å². The normalized spacial score (nSPS) is 9.90. The summed E-state index contributed by atoms with van der Waals surface area (Å²) < 4.78 is 23.8. The summed E-state index contributed by atoms with van der Waals surface area (Å²) in [5.41, 5.74) is 0.126. The van der Waals surface area contributed by atoms with Crippen molar-refractivity contribution in [1.29, 1.82) is 0 Å². The molecule has 0 atom stereocenters. The smallest absolute Gasteiger partial charge is 0.262 e. The van der Waals surface area contributed by atoms with Crippen LogP contribution in [0.15, 0.2) is 48.5 Å². The largest absolute Gasteiger partial charge is 0.493 e. The van der Waals surface area contributed by atoms with Gasteiger partial charge in [-0.15, -0.1) is 0 Å². The Kier molecular flexibility index (Phi) is 4.55. The van der Waals surface area contributed by atoms with Crippen LogP contribution in [-0.4, -0.2) is 19.6 Å². The first-order chi connectivity index (χ1) is 9.70. The van der Waals surface area contributed by atoms with Gasteiger partial charge in [-0.25, -0.2) is 4.39 Å². The molecule has 1 amide bonds. The Labute approximate surface area is 116 Å². The second-order valence-corrected chi connectivity index (χ2v) is 3.97. The van der Waals surface area contributed by atoms with Crippen LogP contribution >= 0.6 is 0 Å². The molecule has 0 aliphatic rings. The highest BCUT2D eigenvalue weighted by Gasteiger charge is 2.09. The molecular formula is C15H14FNO3. The van der Waals surface area contributed by atoms with Gasteiger partial charge in [0.1, 0.15) is 5.82 Å². The average molecular weight is 275 g/mol. The number of carbonyl (C=O) groups is 1. The predicted octanol–water partition coefficient (Wildman–Crippen LogP) is 2.85. The van der Waals surface area contributed by atoms with Gasteiger partial charge < -0.3 is 14.8 Å². The quantitative estimate of drug-likeness (QED) is 0.912. The van der Waals surface area contributed by atoms with E-state index in [1.165, 1.54) is 19.2 Å². The monoisotopic (exact) mass is 275 g/mol. The summed E-state index contributed by atoms with van der Waals surface area (Å²) in [6.45, 7) is -0.227. The Hall–Kier alpha value is -2.56. The fourth-order valence-corrected chi connectivity index (χ4v) is 1.63. The van der Waals surface area contributed by atoms with E-state index in [1.54, 1.807) is 36.4 Å². The number of para-hydroxylation sites is 3. The lowest BCUT2D eigenvalue weighted by molar-refractivity contribution is -0.118. The lowest BCUT2D eigenvalue weighted by Gasteiger charge is -2.10. The van der Waals surface area contributed by atoms with E-state index in [4.69, 9.17) is 9.47 Å². The summed E-state index contributed by atoms with van der Waals surface area (Å²) >= 11 is 0. The zero-order valence-electron chi connectivity index (χ0n) is 10.9. The first-order valence-corrected chi connectivity index (χ1v) is 6.01. The van der Waals surface area contributed by atoms with Gasteiger partial charge in [0.25, 0.3) is 5.91 Å². The Morgan fingerprint density at radius 2 is 1.75 bits per heavy atom. The van der Waals surface area contributed by atoms with Gasteiger partial charge in [-0.05, 0) is 24.3 Å². The summed E-state index contributed by atoms with van der Waals surface area (Å²) in [5.74, 6) is 0.0593. The number of benzene rings is 2. The van der Waals surface area contributed by atoms with E-state index in [9.17, 15) is 9.18 Å². The van der Waals surface area contributed by atoms with Crippen LogP contribution in [-0.2, 0) is 4.79 Å². The minimum Gasteiger partial charge on any atom is -0.493 e. The minimum absolute atomic E-state index is 0.126. The first kappa shape index (κ1) is 13.9. The maximum absolute atomic E-state index is 13.4. The number of ether oxygens (including phenoxy) is 2. The van der Waals surface area contributed by atoms with Gasteiger partial charge in [-0.1, -0.05) is 24.3 Å². The van der Waals surface area contributed by atoms with Crippen molar-refractivity contribution in [2.24, 2.45) is 0 Å². The summed E-state index contributed by atoms with van der Waals surface area (Å²) in [6.07, 6.45) is 0. The summed E-state index contributed by atoms with van der Waals surface area (Å²) in [4.78, 5) is 11.7. The number of nitrogens with one attached hydrogen (secondary N) is 1. The maximum Gasteiger partial charge on any atom is 0.262 e. The van der Waals surface area contributed by atoms with Crippen LogP contribution < -0.4 is 14.8 Å². The van der Waals surface area contributed by atoms with E-state index in [-0.39, 0.29) is 12.3 Å². The van der Waals surface area contributed by atoms with Gasteiger partial charge in [-0.3, -0.25) is 4.79 Å². The summed E-state index contributed by atoms with van der Waals surface area (Å²) in [7, 11) is 1.52. The van der Waals surface area contributed by atoms with E-state index in [0.717, 1.165) is 0 Å². The number of anilines is 1. The third-order valence-corrected chi connectivity index (χ3v) is 2.58. The fourth-order valence-electron chi connectivity index (χ4n) is 1.63. The highest BCUT2D eigenvalue weighted by molar-refractivity contribution is 5.92. The Morgan fingerprint density at radius 1 is 1.10 bits per heavy atom. The first-order valence-electron chi connectivity index (χ1n) is 6.01. The van der Waals surface area contributed by atoms with E-state index < -0.39 is 11.7 Å². The van der Waals surface area contributed by atoms with Crippen molar-refractivity contribution in [1.82, 2.24) is 0 Å². The van der Waals surface area contributed by atoms with Gasteiger partial charge in [0.05, 0.1) is 12.8 Å². The summed E-state index contributed by atoms with van der Waals surface area (Å²) in [5, 5.41) is 2.44. The van der Waals surface area contributed by atoms with Crippen LogP contribution in [0.25, 0.3) is 0 Å². The Morgan fingerprint density at radius 3 is 2.45 bits per heavy atom. The molecule has 104 valence electrons. The molecule has 1 N–H and O–H groups in total. The van der Waals surface area contributed by atoms with Gasteiger partial charge in [0.2, 0.25) is 0 Å². The van der Waals surface area contributed by atoms with Crippen LogP contribution in [0, 0.1) is 5.82 Å². The lowest BCUT2D eigenvalue weighted by atomic mass is 10.3. The number of amides is 1. The fraction of sp³-hybridized carbons (Fsp3) is 0.133. The van der Waals surface area contributed by atoms with E-state index in [0.29, 0.717) is 11.5 Å². The number of halogens is 1. The van der Waals surface area contributed by atoms with Gasteiger partial charge in [0.15, 0.2) is 18.1 Å². The predicted molar refractivity (Wildman–Crippen MR) is 73.5 cm³/mol. The van der Waals surface area contributed by atoms with Gasteiger partial charge in [-0.2, -0.15) is 0 Å². The van der Waals surface area contributed by atoms with E-state index in [2.05, 4.69) is 5.32 Å². The molecule has 0 fully saturated rings. The second-order valence-electron chi connectivity index (χ2n) is 3.97. The lowest BCUT2D eigenvalue weighted by Crippen LogP contribution is -2.20. The molecule has 5 heteroatoms. The third kappa shape index (κ3) is 3.47. The molecule has 0 aliphatic carbocycles. The highest BCUT2D eigenvalue weighted by Crippen LogP contribution is 2.25. The molecule has 0 radical (unpaired) electrons. The van der Waals surface area contributed by atoms with Gasteiger partial charge in [0, 0.05) is 0 Å². The molecule has 0 saturated heterocycles. The van der Waals surface area contributed by atoms with Crippen molar-refractivity contribution >= 4 is 11.6 Å². The van der Waals surface area contributed by atoms with E-state index >= 15 is 0 Å². The molecule has 0 aliphatic heterocycles. The Bertz CT molecular complexity index is 601. The number of hydrogen-bond donors (Lipinski definition) is 1. The summed E-state index contributed by atoms with van der Waals surface area (Å²) in [6, 6.07) is 12.9. The molecule has 2 aromatic rings. The van der Waals surface area contributed by atoms with Crippen LogP contribution in [0.5, 0.6) is 11.5 Å². The zero-order valence-corrected chi connectivity index (χ0v) is 10.9. The molecule has 20 heavy (non-hydrogen) atoms. The van der Waals surface area contributed by atoms with Crippen molar-refractivity contribution < 1.29 is 18.7 Å². The van der Waals surface area contributed by atoms with Crippen molar-refractivity contribution in [3.05, 3.63) is 54.3 Å². The molecule has 0 saturated carbocycles. The van der Waals surface area contributed by atoms with Crippen molar-refractivity contribution in [3.8, 4) is 11.5 Å². The molecule has 2 aromatic carbocycles. The van der Waals surface area contributed by atoms with Crippen LogP contribution in [0.2, 0.25) is 0 Å². The molecule has 0 aromatic heterocycles. The third-order valence-electron chi connectivity index (χ3n) is 2.58. The molecule has 0 heterocycles. The minimum atomic E-state index is -0.488. The number of methoxy groups -OCH3 is 1. The second kappa shape index (κ2) is 6.56. The van der Waals surface area contributed by atoms with Crippen molar-refractivity contribution in [2.75, 3.05) is 19.0 Å². The van der Waals surface area contributed by atoms with Gasteiger partial charge >= 0.3 is 0 Å².